The largest absolute Gasteiger partial charge is 0.456 e. The highest BCUT2D eigenvalue weighted by Gasteiger charge is 2.21. The van der Waals surface area contributed by atoms with Crippen LogP contribution in [0.1, 0.15) is 20.6 Å². The molecule has 10 aromatic rings. The Morgan fingerprint density at radius 1 is 0.362 bits per heavy atom. The van der Waals surface area contributed by atoms with Crippen LogP contribution < -0.4 is 0 Å². The molecule has 1 heteroatoms. The summed E-state index contributed by atoms with van der Waals surface area (Å²) >= 11 is 0. The number of fused-ring (bicyclic) bond motifs is 7. The van der Waals surface area contributed by atoms with Gasteiger partial charge in [-0.2, -0.15) is 0 Å². The molecular weight excluding hydrogens is 569 g/mol. The van der Waals surface area contributed by atoms with Crippen molar-refractivity contribution in [1.29, 1.82) is 0 Å². The SMILES string of the molecule is [2H]c1c([2H])c([2H])c2c(-c3c4c([2H])c([2H])c([2H])c([2H])c4c(-c4ccccc4-c4cccc5oc6cc7ccccc7cc6c45)c4c([2H])c([2H])c([2H])c([2H])c34)c([2H])c([2H])c([2H])c2c1[2H]. The Kier molecular flexibility index (Phi) is 3.33. The van der Waals surface area contributed by atoms with Crippen molar-refractivity contribution >= 4 is 65.0 Å². The third-order valence-corrected chi connectivity index (χ3v) is 8.79. The molecule has 9 aromatic carbocycles. The first-order valence-electron chi connectivity index (χ1n) is 22.5. The summed E-state index contributed by atoms with van der Waals surface area (Å²) < 4.78 is 142. The van der Waals surface area contributed by atoms with E-state index in [1.165, 1.54) is 0 Å². The van der Waals surface area contributed by atoms with Crippen molar-refractivity contribution in [1.82, 2.24) is 0 Å². The average Bonchev–Trinajstić information content (AvgIpc) is 3.64. The molecule has 1 nitrogen and oxygen atoms in total. The van der Waals surface area contributed by atoms with Crippen LogP contribution in [0.2, 0.25) is 0 Å². The van der Waals surface area contributed by atoms with Gasteiger partial charge in [0.1, 0.15) is 11.2 Å². The molecule has 1 heterocycles. The van der Waals surface area contributed by atoms with Crippen molar-refractivity contribution in [2.24, 2.45) is 0 Å². The quantitative estimate of drug-likeness (QED) is 0.181. The lowest BCUT2D eigenvalue weighted by molar-refractivity contribution is 0.669. The van der Waals surface area contributed by atoms with Crippen LogP contribution in [0.3, 0.4) is 0 Å². The molecule has 47 heavy (non-hydrogen) atoms. The smallest absolute Gasteiger partial charge is 0.136 e. The van der Waals surface area contributed by atoms with Gasteiger partial charge in [-0.15, -0.1) is 0 Å². The third-order valence-electron chi connectivity index (χ3n) is 8.79. The van der Waals surface area contributed by atoms with E-state index in [4.69, 9.17) is 18.1 Å². The van der Waals surface area contributed by atoms with E-state index in [1.807, 2.05) is 54.6 Å². The normalized spacial score (nSPS) is 16.3. The summed E-state index contributed by atoms with van der Waals surface area (Å²) in [5.74, 6) is 0. The zero-order valence-electron chi connectivity index (χ0n) is 39.4. The average molecular weight is 612 g/mol. The molecule has 1 aromatic heterocycles. The van der Waals surface area contributed by atoms with E-state index in [-0.39, 0.29) is 32.7 Å². The van der Waals surface area contributed by atoms with Crippen molar-refractivity contribution in [2.75, 3.05) is 0 Å². The Hall–Kier alpha value is -6.18. The van der Waals surface area contributed by atoms with Crippen molar-refractivity contribution in [3.63, 3.8) is 0 Å². The fourth-order valence-corrected chi connectivity index (χ4v) is 6.82. The zero-order chi connectivity index (χ0) is 44.0. The molecule has 0 aliphatic carbocycles. The lowest BCUT2D eigenvalue weighted by Gasteiger charge is -2.20. The number of hydrogen-bond acceptors (Lipinski definition) is 1. The van der Waals surface area contributed by atoms with Gasteiger partial charge in [-0.1, -0.05) is 151 Å². The summed E-state index contributed by atoms with van der Waals surface area (Å²) in [6.45, 7) is 0. The summed E-state index contributed by atoms with van der Waals surface area (Å²) in [5, 5.41) is 1.60. The van der Waals surface area contributed by atoms with Gasteiger partial charge in [0, 0.05) is 10.8 Å². The Balaban J connectivity index is 1.48. The maximum absolute atomic E-state index is 9.53. The van der Waals surface area contributed by atoms with Crippen LogP contribution in [-0.4, -0.2) is 0 Å². The summed E-state index contributed by atoms with van der Waals surface area (Å²) in [7, 11) is 0. The predicted octanol–water partition coefficient (Wildman–Crippen LogP) is 13.2. The summed E-state index contributed by atoms with van der Waals surface area (Å²) in [4.78, 5) is 0. The van der Waals surface area contributed by atoms with E-state index in [0.717, 1.165) is 21.5 Å². The molecule has 0 atom stereocenters. The van der Waals surface area contributed by atoms with E-state index in [1.54, 1.807) is 24.3 Å². The molecule has 218 valence electrons. The molecule has 0 amide bonds. The van der Waals surface area contributed by atoms with E-state index in [2.05, 4.69) is 0 Å². The van der Waals surface area contributed by atoms with E-state index in [0.29, 0.717) is 27.9 Å². The zero-order valence-corrected chi connectivity index (χ0v) is 24.4. The standard InChI is InChI=1S/C46H28O/c1-2-15-31-28-43-41(27-30(31)14-1)46-36(25-12-26-42(46)47-43)33-18-5-6-19-35(33)45-39-22-9-7-20-37(39)44(38-21-8-10-23-40(38)45)34-24-11-16-29-13-3-4-17-32(29)34/h1-28H/i3D,4D,7D,8D,9D,10D,11D,13D,16D,17D,20D,21D,22D,23D,24D. The van der Waals surface area contributed by atoms with Crippen LogP contribution in [0.5, 0.6) is 0 Å². The molecule has 0 aliphatic heterocycles. The van der Waals surface area contributed by atoms with Crippen LogP contribution in [0, 0.1) is 0 Å². The van der Waals surface area contributed by atoms with E-state index >= 15 is 0 Å². The van der Waals surface area contributed by atoms with E-state index in [9.17, 15) is 6.85 Å². The monoisotopic (exact) mass is 611 g/mol. The number of benzene rings is 9. The summed E-state index contributed by atoms with van der Waals surface area (Å²) in [6.07, 6.45) is 0. The highest BCUT2D eigenvalue weighted by atomic mass is 16.3. The number of rotatable bonds is 3. The fraction of sp³-hybridized carbons (Fsp3) is 0. The number of furan rings is 1. The molecule has 0 spiro atoms. The van der Waals surface area contributed by atoms with Gasteiger partial charge in [0.05, 0.1) is 20.6 Å². The van der Waals surface area contributed by atoms with Crippen LogP contribution >= 0.6 is 0 Å². The number of hydrogen-bond donors (Lipinski definition) is 0. The maximum Gasteiger partial charge on any atom is 0.136 e. The molecule has 0 saturated heterocycles. The highest BCUT2D eigenvalue weighted by Crippen LogP contribution is 2.48. The van der Waals surface area contributed by atoms with Crippen LogP contribution in [0.15, 0.2) is 174 Å². The van der Waals surface area contributed by atoms with Crippen LogP contribution in [0.25, 0.3) is 98.4 Å². The molecule has 0 N–H and O–H groups in total. The first kappa shape index (κ1) is 15.4. The second-order valence-electron chi connectivity index (χ2n) is 11.3. The van der Waals surface area contributed by atoms with Gasteiger partial charge in [0.15, 0.2) is 0 Å². The van der Waals surface area contributed by atoms with Crippen LogP contribution in [0.4, 0.5) is 0 Å². The Labute approximate surface area is 293 Å². The molecule has 0 bridgehead atoms. The van der Waals surface area contributed by atoms with Crippen LogP contribution in [-0.2, 0) is 0 Å². The topological polar surface area (TPSA) is 13.1 Å². The first-order valence-corrected chi connectivity index (χ1v) is 15.0. The van der Waals surface area contributed by atoms with E-state index < -0.39 is 107 Å². The van der Waals surface area contributed by atoms with Gasteiger partial charge in [0.25, 0.3) is 0 Å². The molecule has 0 unspecified atom stereocenters. The second kappa shape index (κ2) is 10.2. The van der Waals surface area contributed by atoms with Gasteiger partial charge in [-0.25, -0.2) is 0 Å². The van der Waals surface area contributed by atoms with Gasteiger partial charge in [-0.3, -0.25) is 0 Å². The lowest BCUT2D eigenvalue weighted by atomic mass is 9.82. The predicted molar refractivity (Wildman–Crippen MR) is 200 cm³/mol. The Morgan fingerprint density at radius 3 is 1.64 bits per heavy atom. The van der Waals surface area contributed by atoms with Crippen molar-refractivity contribution in [3.8, 4) is 33.4 Å². The van der Waals surface area contributed by atoms with Gasteiger partial charge in [-0.05, 0) is 94.7 Å². The minimum absolute atomic E-state index is 0.0181. The molecule has 0 fully saturated rings. The molecule has 0 saturated carbocycles. The Bertz CT molecular complexity index is 3620. The first-order chi connectivity index (χ1) is 29.6. The minimum Gasteiger partial charge on any atom is -0.456 e. The van der Waals surface area contributed by atoms with Gasteiger partial charge in [0.2, 0.25) is 0 Å². The van der Waals surface area contributed by atoms with Gasteiger partial charge >= 0.3 is 0 Å². The minimum atomic E-state index is -0.761. The lowest BCUT2D eigenvalue weighted by Crippen LogP contribution is -1.93. The van der Waals surface area contributed by atoms with Crippen molar-refractivity contribution in [2.45, 2.75) is 0 Å². The van der Waals surface area contributed by atoms with Crippen molar-refractivity contribution < 1.29 is 25.0 Å². The molecular formula is C46H28O. The maximum atomic E-state index is 9.53. The fourth-order valence-electron chi connectivity index (χ4n) is 6.82. The summed E-state index contributed by atoms with van der Waals surface area (Å²) in [5.41, 5.74) is 1.89. The highest BCUT2D eigenvalue weighted by molar-refractivity contribution is 6.25. The second-order valence-corrected chi connectivity index (χ2v) is 11.3. The Morgan fingerprint density at radius 2 is 0.915 bits per heavy atom. The van der Waals surface area contributed by atoms with Gasteiger partial charge < -0.3 is 4.42 Å². The molecule has 0 radical (unpaired) electrons. The summed E-state index contributed by atoms with van der Waals surface area (Å²) in [6, 6.07) is 14.0. The third kappa shape index (κ3) is 3.90. The molecule has 0 aliphatic rings. The molecule has 10 rings (SSSR count). The van der Waals surface area contributed by atoms with Crippen molar-refractivity contribution in [3.05, 3.63) is 169 Å².